The van der Waals surface area contributed by atoms with Crippen LogP contribution in [0.4, 0.5) is 4.39 Å². The Morgan fingerprint density at radius 1 is 0.857 bits per heavy atom. The highest BCUT2D eigenvalue weighted by atomic mass is 127. The van der Waals surface area contributed by atoms with E-state index in [1.165, 1.54) is 47.3 Å². The lowest BCUT2D eigenvalue weighted by molar-refractivity contribution is -0.597. The van der Waals surface area contributed by atoms with E-state index in [4.69, 9.17) is 14.2 Å². The van der Waals surface area contributed by atoms with Crippen molar-refractivity contribution in [2.75, 3.05) is 6.61 Å². The van der Waals surface area contributed by atoms with Gasteiger partial charge in [-0.05, 0) is 116 Å². The third-order valence-electron chi connectivity index (χ3n) is 9.59. The maximum Gasteiger partial charge on any atom is 0.358 e. The smallest absolute Gasteiger partial charge is 0.358 e. The van der Waals surface area contributed by atoms with Crippen LogP contribution in [0.3, 0.4) is 0 Å². The van der Waals surface area contributed by atoms with Crippen LogP contribution in [-0.4, -0.2) is 18.2 Å². The SMILES string of the molecule is CC(C)(C)c1ccc([I+]c2ccc(F)c(OCc3ccc(OCC(=O)OC4(C)C5CC6CC(C5)CC4C6)cc3)c2)cc1. The van der Waals surface area contributed by atoms with Gasteiger partial charge in [-0.25, -0.2) is 9.18 Å². The van der Waals surface area contributed by atoms with Crippen LogP contribution in [0, 0.1) is 36.6 Å². The first-order chi connectivity index (χ1) is 20.0. The molecule has 4 nitrogen and oxygen atoms in total. The largest absolute Gasteiger partial charge is 0.486 e. The van der Waals surface area contributed by atoms with Gasteiger partial charge in [0.1, 0.15) is 18.0 Å². The Morgan fingerprint density at radius 3 is 2.10 bits per heavy atom. The summed E-state index contributed by atoms with van der Waals surface area (Å²) in [6.45, 7) is 8.92. The van der Waals surface area contributed by atoms with Gasteiger partial charge in [-0.15, -0.1) is 0 Å². The first-order valence-corrected chi connectivity index (χ1v) is 17.3. The summed E-state index contributed by atoms with van der Waals surface area (Å²) in [4.78, 5) is 12.8. The minimum Gasteiger partial charge on any atom is -0.486 e. The number of hydrogen-bond donors (Lipinski definition) is 0. The van der Waals surface area contributed by atoms with Crippen LogP contribution >= 0.6 is 0 Å². The van der Waals surface area contributed by atoms with Crippen LogP contribution in [-0.2, 0) is 21.6 Å². The monoisotopic (exact) mass is 683 g/mol. The zero-order valence-electron chi connectivity index (χ0n) is 25.0. The van der Waals surface area contributed by atoms with E-state index in [0.717, 1.165) is 21.0 Å². The second kappa shape index (κ2) is 11.8. The number of carbonyl (C=O) groups is 1. The summed E-state index contributed by atoms with van der Waals surface area (Å²) in [5.74, 6) is 2.85. The number of benzene rings is 3. The summed E-state index contributed by atoms with van der Waals surface area (Å²) in [5.41, 5.74) is 1.97. The summed E-state index contributed by atoms with van der Waals surface area (Å²) >= 11 is -0.445. The van der Waals surface area contributed by atoms with Crippen molar-refractivity contribution in [3.05, 3.63) is 90.8 Å². The van der Waals surface area contributed by atoms with Gasteiger partial charge >= 0.3 is 27.2 Å². The van der Waals surface area contributed by atoms with Crippen molar-refractivity contribution in [1.29, 1.82) is 0 Å². The highest BCUT2D eigenvalue weighted by Gasteiger charge is 2.57. The Labute approximate surface area is 259 Å². The Balaban J connectivity index is 0.993. The molecule has 0 atom stereocenters. The molecule has 4 aliphatic rings. The van der Waals surface area contributed by atoms with E-state index in [1.54, 1.807) is 0 Å². The summed E-state index contributed by atoms with van der Waals surface area (Å²) in [5, 5.41) is 0. The molecule has 0 unspecified atom stereocenters. The molecule has 42 heavy (non-hydrogen) atoms. The summed E-state index contributed by atoms with van der Waals surface area (Å²) in [7, 11) is 0. The van der Waals surface area contributed by atoms with Crippen molar-refractivity contribution >= 4 is 5.97 Å². The molecule has 0 saturated heterocycles. The fourth-order valence-electron chi connectivity index (χ4n) is 7.33. The van der Waals surface area contributed by atoms with Gasteiger partial charge < -0.3 is 14.2 Å². The molecule has 0 heterocycles. The van der Waals surface area contributed by atoms with Crippen molar-refractivity contribution < 1.29 is 44.6 Å². The van der Waals surface area contributed by atoms with Gasteiger partial charge in [-0.2, -0.15) is 0 Å². The van der Waals surface area contributed by atoms with Gasteiger partial charge in [-0.3, -0.25) is 0 Å². The number of carbonyl (C=O) groups excluding carboxylic acids is 1. The molecule has 0 aromatic heterocycles. The minimum atomic E-state index is -0.445. The van der Waals surface area contributed by atoms with E-state index in [0.29, 0.717) is 17.6 Å². The second-order valence-electron chi connectivity index (χ2n) is 13.6. The van der Waals surface area contributed by atoms with Crippen LogP contribution in [0.25, 0.3) is 0 Å². The molecule has 4 aliphatic carbocycles. The summed E-state index contributed by atoms with van der Waals surface area (Å²) in [6, 6.07) is 21.3. The van der Waals surface area contributed by atoms with E-state index in [-0.39, 0.29) is 41.8 Å². The topological polar surface area (TPSA) is 44.8 Å². The fourth-order valence-corrected chi connectivity index (χ4v) is 9.57. The predicted molar refractivity (Wildman–Crippen MR) is 157 cm³/mol. The first-order valence-electron chi connectivity index (χ1n) is 15.2. The number of hydrogen-bond acceptors (Lipinski definition) is 4. The maximum atomic E-state index is 14.5. The zero-order chi connectivity index (χ0) is 29.5. The summed E-state index contributed by atoms with van der Waals surface area (Å²) in [6.07, 6.45) is 6.16. The highest BCUT2D eigenvalue weighted by Crippen LogP contribution is 2.59. The van der Waals surface area contributed by atoms with Crippen molar-refractivity contribution in [1.82, 2.24) is 0 Å². The normalized spacial score (nSPS) is 26.2. The molecule has 0 spiro atoms. The Hall–Kier alpha value is -2.61. The van der Waals surface area contributed by atoms with Crippen LogP contribution < -0.4 is 30.7 Å². The van der Waals surface area contributed by atoms with Gasteiger partial charge in [0.2, 0.25) is 0 Å². The maximum absolute atomic E-state index is 14.5. The van der Waals surface area contributed by atoms with Gasteiger partial charge in [0.15, 0.2) is 25.3 Å². The van der Waals surface area contributed by atoms with Gasteiger partial charge in [-0.1, -0.05) is 45.0 Å². The van der Waals surface area contributed by atoms with Crippen LogP contribution in [0.15, 0.2) is 66.7 Å². The predicted octanol–water partition coefficient (Wildman–Crippen LogP) is 4.97. The van der Waals surface area contributed by atoms with E-state index in [2.05, 4.69) is 52.0 Å². The standard InChI is InChI=1S/C36H41FIO4/c1-35(2,3)26-7-9-29(10-8-26)38-30-11-14-32(37)33(20-30)41-21-23-5-12-31(13-6-23)40-22-34(39)42-36(4)27-16-24-15-25(18-27)19-28(36)17-24/h5-14,20,24-25,27-28H,15-19,21-22H2,1-4H3/q+1. The quantitative estimate of drug-likeness (QED) is 0.236. The zero-order valence-corrected chi connectivity index (χ0v) is 27.2. The average molecular weight is 684 g/mol. The second-order valence-corrected chi connectivity index (χ2v) is 16.6. The van der Waals surface area contributed by atoms with Crippen molar-refractivity contribution in [3.8, 4) is 11.5 Å². The molecule has 0 N–H and O–H groups in total. The molecule has 222 valence electrons. The number of esters is 1. The first kappa shape index (κ1) is 29.5. The molecule has 3 aromatic rings. The number of rotatable bonds is 9. The fraction of sp³-hybridized carbons (Fsp3) is 0.472. The molecule has 4 fully saturated rings. The highest BCUT2D eigenvalue weighted by molar-refractivity contribution is 5.71. The lowest BCUT2D eigenvalue weighted by Gasteiger charge is -2.59. The van der Waals surface area contributed by atoms with Crippen molar-refractivity contribution in [2.45, 2.75) is 77.4 Å². The Bertz CT molecular complexity index is 1380. The van der Waals surface area contributed by atoms with E-state index in [9.17, 15) is 9.18 Å². The van der Waals surface area contributed by atoms with Crippen molar-refractivity contribution in [3.63, 3.8) is 0 Å². The van der Waals surface area contributed by atoms with Gasteiger partial charge in [0, 0.05) is 6.07 Å². The van der Waals surface area contributed by atoms with Crippen LogP contribution in [0.5, 0.6) is 11.5 Å². The van der Waals surface area contributed by atoms with Gasteiger partial charge in [0.05, 0.1) is 0 Å². The number of halogens is 2. The van der Waals surface area contributed by atoms with E-state index in [1.807, 2.05) is 36.4 Å². The summed E-state index contributed by atoms with van der Waals surface area (Å²) < 4.78 is 34.7. The molecule has 6 heteroatoms. The number of ether oxygens (including phenoxy) is 3. The molecule has 4 saturated carbocycles. The molecule has 0 aliphatic heterocycles. The Morgan fingerprint density at radius 2 is 1.48 bits per heavy atom. The van der Waals surface area contributed by atoms with Crippen LogP contribution in [0.2, 0.25) is 0 Å². The molecule has 7 rings (SSSR count). The third kappa shape index (κ3) is 6.48. The van der Waals surface area contributed by atoms with Crippen molar-refractivity contribution in [2.24, 2.45) is 23.7 Å². The van der Waals surface area contributed by atoms with E-state index >= 15 is 0 Å². The average Bonchev–Trinajstić information content (AvgIpc) is 2.95. The lowest BCUT2D eigenvalue weighted by atomic mass is 9.50. The van der Waals surface area contributed by atoms with Gasteiger partial charge in [0.25, 0.3) is 0 Å². The third-order valence-corrected chi connectivity index (χ3v) is 12.2. The molecule has 0 amide bonds. The van der Waals surface area contributed by atoms with E-state index < -0.39 is 21.2 Å². The molecular weight excluding hydrogens is 642 g/mol. The van der Waals surface area contributed by atoms with Crippen LogP contribution in [0.1, 0.15) is 70.9 Å². The molecule has 4 bridgehead atoms. The Kier molecular flexibility index (Phi) is 8.29. The minimum absolute atomic E-state index is 0.0995. The molecular formula is C36H41FIO4+. The molecule has 3 aromatic carbocycles. The lowest BCUT2D eigenvalue weighted by Crippen LogP contribution is -3.61. The molecule has 0 radical (unpaired) electrons.